The predicted octanol–water partition coefficient (Wildman–Crippen LogP) is 4.66. The summed E-state index contributed by atoms with van der Waals surface area (Å²) in [5.74, 6) is 0.868. The Bertz CT molecular complexity index is 783. The molecule has 0 fully saturated rings. The van der Waals surface area contributed by atoms with E-state index in [0.717, 1.165) is 26.6 Å². The lowest BCUT2D eigenvalue weighted by atomic mass is 10.2. The number of thioether (sulfide) groups is 1. The van der Waals surface area contributed by atoms with Crippen LogP contribution in [0, 0.1) is 0 Å². The first-order chi connectivity index (χ1) is 10.3. The summed E-state index contributed by atoms with van der Waals surface area (Å²) in [4.78, 5) is 17.7. The van der Waals surface area contributed by atoms with Gasteiger partial charge in [-0.2, -0.15) is 0 Å². The molecule has 21 heavy (non-hydrogen) atoms. The van der Waals surface area contributed by atoms with E-state index >= 15 is 0 Å². The molecule has 106 valence electrons. The monoisotopic (exact) mass is 314 g/mol. The molecule has 0 aliphatic carbocycles. The highest BCUT2D eigenvalue weighted by Crippen LogP contribution is 2.25. The molecule has 3 nitrogen and oxygen atoms in total. The van der Waals surface area contributed by atoms with Crippen molar-refractivity contribution in [3.63, 3.8) is 0 Å². The van der Waals surface area contributed by atoms with E-state index in [4.69, 9.17) is 0 Å². The molecule has 0 saturated heterocycles. The standard InChI is InChI=1S/C16H14N2OS2/c1-2-20-14-6-4-3-5-12(14)16(19)18-11-7-8-13-15(9-11)21-10-17-13/h3-10H,2H2,1H3,(H,18,19). The Morgan fingerprint density at radius 3 is 3.00 bits per heavy atom. The highest BCUT2D eigenvalue weighted by atomic mass is 32.2. The molecule has 0 aliphatic rings. The van der Waals surface area contributed by atoms with Crippen LogP contribution in [0.5, 0.6) is 0 Å². The first-order valence-electron chi connectivity index (χ1n) is 6.64. The minimum Gasteiger partial charge on any atom is -0.322 e. The van der Waals surface area contributed by atoms with E-state index in [0.29, 0.717) is 5.56 Å². The number of nitrogens with one attached hydrogen (secondary N) is 1. The molecule has 0 bridgehead atoms. The van der Waals surface area contributed by atoms with Crippen LogP contribution in [0.25, 0.3) is 10.2 Å². The fourth-order valence-corrected chi connectivity index (χ4v) is 3.59. The van der Waals surface area contributed by atoms with Crippen molar-refractivity contribution < 1.29 is 4.79 Å². The predicted molar refractivity (Wildman–Crippen MR) is 90.4 cm³/mol. The van der Waals surface area contributed by atoms with Gasteiger partial charge < -0.3 is 5.32 Å². The van der Waals surface area contributed by atoms with Crippen LogP contribution in [0.3, 0.4) is 0 Å². The number of benzene rings is 2. The Morgan fingerprint density at radius 2 is 2.14 bits per heavy atom. The minimum absolute atomic E-state index is 0.0737. The molecule has 1 N–H and O–H groups in total. The molecule has 1 amide bonds. The summed E-state index contributed by atoms with van der Waals surface area (Å²) < 4.78 is 1.07. The fraction of sp³-hybridized carbons (Fsp3) is 0.125. The number of aromatic nitrogens is 1. The summed E-state index contributed by atoms with van der Waals surface area (Å²) in [5, 5.41) is 2.97. The van der Waals surface area contributed by atoms with Crippen molar-refractivity contribution in [2.75, 3.05) is 11.1 Å². The van der Waals surface area contributed by atoms with Crippen molar-refractivity contribution in [3.05, 3.63) is 53.5 Å². The van der Waals surface area contributed by atoms with Crippen molar-refractivity contribution in [1.82, 2.24) is 4.98 Å². The third kappa shape index (κ3) is 3.09. The summed E-state index contributed by atoms with van der Waals surface area (Å²) >= 11 is 3.25. The van der Waals surface area contributed by atoms with E-state index in [9.17, 15) is 4.79 Å². The van der Waals surface area contributed by atoms with Crippen molar-refractivity contribution >= 4 is 44.9 Å². The number of carbonyl (C=O) groups excluding carboxylic acids is 1. The molecule has 0 spiro atoms. The molecule has 5 heteroatoms. The lowest BCUT2D eigenvalue weighted by Gasteiger charge is -2.09. The van der Waals surface area contributed by atoms with E-state index < -0.39 is 0 Å². The zero-order valence-corrected chi connectivity index (χ0v) is 13.1. The average Bonchev–Trinajstić information content (AvgIpc) is 2.95. The largest absolute Gasteiger partial charge is 0.322 e. The van der Waals surface area contributed by atoms with Crippen LogP contribution in [0.15, 0.2) is 52.9 Å². The number of amides is 1. The van der Waals surface area contributed by atoms with Gasteiger partial charge in [-0.1, -0.05) is 19.1 Å². The number of hydrogen-bond acceptors (Lipinski definition) is 4. The van der Waals surface area contributed by atoms with Crippen molar-refractivity contribution in [2.45, 2.75) is 11.8 Å². The van der Waals surface area contributed by atoms with Gasteiger partial charge in [0.15, 0.2) is 0 Å². The second-order valence-electron chi connectivity index (χ2n) is 4.42. The van der Waals surface area contributed by atoms with Gasteiger partial charge in [0.1, 0.15) is 0 Å². The summed E-state index contributed by atoms with van der Waals surface area (Å²) in [6, 6.07) is 13.5. The summed E-state index contributed by atoms with van der Waals surface area (Å²) in [7, 11) is 0. The summed E-state index contributed by atoms with van der Waals surface area (Å²) in [6.45, 7) is 2.08. The maximum atomic E-state index is 12.4. The van der Waals surface area contributed by atoms with Crippen molar-refractivity contribution in [1.29, 1.82) is 0 Å². The van der Waals surface area contributed by atoms with Gasteiger partial charge in [-0.25, -0.2) is 4.98 Å². The smallest absolute Gasteiger partial charge is 0.256 e. The second-order valence-corrected chi connectivity index (χ2v) is 6.61. The normalized spacial score (nSPS) is 10.7. The van der Waals surface area contributed by atoms with Gasteiger partial charge in [0, 0.05) is 10.6 Å². The van der Waals surface area contributed by atoms with Crippen LogP contribution in [-0.4, -0.2) is 16.6 Å². The maximum Gasteiger partial charge on any atom is 0.256 e. The van der Waals surface area contributed by atoms with Crippen LogP contribution in [-0.2, 0) is 0 Å². The third-order valence-corrected chi connectivity index (χ3v) is 4.77. The molecule has 3 aromatic rings. The van der Waals surface area contributed by atoms with E-state index in [2.05, 4.69) is 17.2 Å². The number of thiazole rings is 1. The molecular weight excluding hydrogens is 300 g/mol. The molecule has 0 unspecified atom stereocenters. The number of hydrogen-bond donors (Lipinski definition) is 1. The molecule has 1 heterocycles. The zero-order valence-electron chi connectivity index (χ0n) is 11.5. The SMILES string of the molecule is CCSc1ccccc1C(=O)Nc1ccc2ncsc2c1. The number of rotatable bonds is 4. The quantitative estimate of drug-likeness (QED) is 0.712. The molecule has 0 radical (unpaired) electrons. The molecule has 2 aromatic carbocycles. The Morgan fingerprint density at radius 1 is 1.29 bits per heavy atom. The Kier molecular flexibility index (Phi) is 4.22. The minimum atomic E-state index is -0.0737. The van der Waals surface area contributed by atoms with Gasteiger partial charge >= 0.3 is 0 Å². The lowest BCUT2D eigenvalue weighted by molar-refractivity contribution is 0.102. The molecule has 0 aliphatic heterocycles. The molecule has 0 saturated carbocycles. The Labute approximate surface area is 131 Å². The number of nitrogens with zero attached hydrogens (tertiary/aromatic N) is 1. The van der Waals surface area contributed by atoms with Gasteiger partial charge in [0.05, 0.1) is 21.3 Å². The Hall–Kier alpha value is -1.85. The van der Waals surface area contributed by atoms with E-state index in [1.54, 1.807) is 23.1 Å². The van der Waals surface area contributed by atoms with E-state index in [-0.39, 0.29) is 5.91 Å². The highest BCUT2D eigenvalue weighted by Gasteiger charge is 2.11. The van der Waals surface area contributed by atoms with Gasteiger partial charge in [-0.15, -0.1) is 23.1 Å². The first-order valence-corrected chi connectivity index (χ1v) is 8.51. The van der Waals surface area contributed by atoms with Gasteiger partial charge in [0.2, 0.25) is 0 Å². The van der Waals surface area contributed by atoms with Crippen molar-refractivity contribution in [2.24, 2.45) is 0 Å². The van der Waals surface area contributed by atoms with Crippen LogP contribution < -0.4 is 5.32 Å². The van der Waals surface area contributed by atoms with Crippen LogP contribution in [0.1, 0.15) is 17.3 Å². The number of anilines is 1. The first kappa shape index (κ1) is 14.1. The topological polar surface area (TPSA) is 42.0 Å². The van der Waals surface area contributed by atoms with Gasteiger partial charge in [-0.05, 0) is 36.1 Å². The van der Waals surface area contributed by atoms with Gasteiger partial charge in [-0.3, -0.25) is 4.79 Å². The fourth-order valence-electron chi connectivity index (χ4n) is 2.07. The van der Waals surface area contributed by atoms with Crippen LogP contribution in [0.2, 0.25) is 0 Å². The lowest BCUT2D eigenvalue weighted by Crippen LogP contribution is -2.12. The number of fused-ring (bicyclic) bond motifs is 1. The average molecular weight is 314 g/mol. The highest BCUT2D eigenvalue weighted by molar-refractivity contribution is 7.99. The Balaban J connectivity index is 1.85. The molecule has 0 atom stereocenters. The number of carbonyl (C=O) groups is 1. The second kappa shape index (κ2) is 6.28. The zero-order chi connectivity index (χ0) is 14.7. The van der Waals surface area contributed by atoms with E-state index in [1.165, 1.54) is 0 Å². The van der Waals surface area contributed by atoms with Gasteiger partial charge in [0.25, 0.3) is 5.91 Å². The maximum absolute atomic E-state index is 12.4. The van der Waals surface area contributed by atoms with E-state index in [1.807, 2.05) is 48.0 Å². The summed E-state index contributed by atoms with van der Waals surface area (Å²) in [6.07, 6.45) is 0. The van der Waals surface area contributed by atoms with Crippen LogP contribution >= 0.6 is 23.1 Å². The summed E-state index contributed by atoms with van der Waals surface area (Å²) in [5.41, 5.74) is 4.28. The third-order valence-electron chi connectivity index (χ3n) is 3.02. The molecule has 1 aromatic heterocycles. The molecule has 3 rings (SSSR count). The molecular formula is C16H14N2OS2. The van der Waals surface area contributed by atoms with Crippen LogP contribution in [0.4, 0.5) is 5.69 Å². The van der Waals surface area contributed by atoms with Crippen molar-refractivity contribution in [3.8, 4) is 0 Å².